The standard InChI is InChI=1S/C12H18N2O3/c1-4-9-7(2)5-10(17-9)14-6-8(3)11(15)13-12(14)16/h6-7,9-10H,4-5H2,1-3H3,(H,13,15,16)/t7-,9-,10+/m1/s1. The van der Waals surface area contributed by atoms with E-state index >= 15 is 0 Å². The molecule has 0 spiro atoms. The van der Waals surface area contributed by atoms with E-state index in [9.17, 15) is 9.59 Å². The van der Waals surface area contributed by atoms with Gasteiger partial charge in [-0.25, -0.2) is 4.79 Å². The highest BCUT2D eigenvalue weighted by Gasteiger charge is 2.32. The lowest BCUT2D eigenvalue weighted by atomic mass is 10.0. The van der Waals surface area contributed by atoms with Gasteiger partial charge in [0.1, 0.15) is 6.23 Å². The number of aryl methyl sites for hydroxylation is 1. The van der Waals surface area contributed by atoms with Crippen molar-refractivity contribution in [3.05, 3.63) is 32.6 Å². The van der Waals surface area contributed by atoms with E-state index in [0.717, 1.165) is 12.8 Å². The van der Waals surface area contributed by atoms with Crippen LogP contribution in [0.15, 0.2) is 15.8 Å². The highest BCUT2D eigenvalue weighted by Crippen LogP contribution is 2.33. The fraction of sp³-hybridized carbons (Fsp3) is 0.667. The zero-order chi connectivity index (χ0) is 12.6. The first-order valence-corrected chi connectivity index (χ1v) is 6.00. The van der Waals surface area contributed by atoms with Gasteiger partial charge in [0.05, 0.1) is 6.10 Å². The molecule has 0 saturated carbocycles. The van der Waals surface area contributed by atoms with Crippen LogP contribution in [-0.4, -0.2) is 15.7 Å². The molecule has 5 heteroatoms. The maximum absolute atomic E-state index is 11.7. The van der Waals surface area contributed by atoms with Crippen molar-refractivity contribution in [2.24, 2.45) is 5.92 Å². The summed E-state index contributed by atoms with van der Waals surface area (Å²) in [6.45, 7) is 5.88. The Labute approximate surface area is 99.4 Å². The summed E-state index contributed by atoms with van der Waals surface area (Å²) < 4.78 is 7.31. The van der Waals surface area contributed by atoms with E-state index in [1.54, 1.807) is 13.1 Å². The van der Waals surface area contributed by atoms with Gasteiger partial charge in [-0.1, -0.05) is 13.8 Å². The van der Waals surface area contributed by atoms with Gasteiger partial charge in [0.25, 0.3) is 5.56 Å². The quantitative estimate of drug-likeness (QED) is 0.841. The average molecular weight is 238 g/mol. The lowest BCUT2D eigenvalue weighted by Gasteiger charge is -2.15. The summed E-state index contributed by atoms with van der Waals surface area (Å²) in [5.41, 5.74) is -0.195. The Balaban J connectivity index is 2.34. The minimum Gasteiger partial charge on any atom is -0.354 e. The van der Waals surface area contributed by atoms with Crippen LogP contribution in [0.2, 0.25) is 0 Å². The van der Waals surface area contributed by atoms with Crippen LogP contribution in [0.25, 0.3) is 0 Å². The predicted molar refractivity (Wildman–Crippen MR) is 64.0 cm³/mol. The molecule has 94 valence electrons. The molecule has 5 nitrogen and oxygen atoms in total. The Morgan fingerprint density at radius 2 is 2.24 bits per heavy atom. The zero-order valence-corrected chi connectivity index (χ0v) is 10.4. The van der Waals surface area contributed by atoms with Crippen molar-refractivity contribution in [3.8, 4) is 0 Å². The summed E-state index contributed by atoms with van der Waals surface area (Å²) in [5.74, 6) is 0.434. The lowest BCUT2D eigenvalue weighted by molar-refractivity contribution is -0.00768. The van der Waals surface area contributed by atoms with E-state index in [2.05, 4.69) is 18.8 Å². The number of H-pyrrole nitrogens is 1. The van der Waals surface area contributed by atoms with Crippen molar-refractivity contribution in [2.45, 2.75) is 45.9 Å². The van der Waals surface area contributed by atoms with Crippen LogP contribution in [0, 0.1) is 12.8 Å². The molecule has 0 radical (unpaired) electrons. The van der Waals surface area contributed by atoms with Gasteiger partial charge >= 0.3 is 5.69 Å². The number of aromatic amines is 1. The molecule has 1 aromatic rings. The molecule has 17 heavy (non-hydrogen) atoms. The molecule has 0 amide bonds. The Bertz CT molecular complexity index is 517. The van der Waals surface area contributed by atoms with E-state index in [4.69, 9.17) is 4.74 Å². The van der Waals surface area contributed by atoms with Gasteiger partial charge in [0, 0.05) is 11.8 Å². The smallest absolute Gasteiger partial charge is 0.330 e. The number of hydrogen-bond donors (Lipinski definition) is 1. The molecule has 2 rings (SSSR count). The molecule has 1 fully saturated rings. The highest BCUT2D eigenvalue weighted by molar-refractivity contribution is 5.01. The van der Waals surface area contributed by atoms with Gasteiger partial charge in [-0.15, -0.1) is 0 Å². The molecule has 1 aromatic heterocycles. The number of rotatable bonds is 2. The van der Waals surface area contributed by atoms with Crippen molar-refractivity contribution in [1.29, 1.82) is 0 Å². The second-order valence-electron chi connectivity index (χ2n) is 4.73. The van der Waals surface area contributed by atoms with Crippen LogP contribution < -0.4 is 11.2 Å². The predicted octanol–water partition coefficient (Wildman–Crippen LogP) is 1.18. The van der Waals surface area contributed by atoms with Crippen molar-refractivity contribution in [2.75, 3.05) is 0 Å². The third kappa shape index (κ3) is 2.20. The molecule has 2 heterocycles. The summed E-state index contributed by atoms with van der Waals surface area (Å²) in [5, 5.41) is 0. The van der Waals surface area contributed by atoms with Crippen LogP contribution in [-0.2, 0) is 4.74 Å². The third-order valence-electron chi connectivity index (χ3n) is 3.40. The van der Waals surface area contributed by atoms with Gasteiger partial charge in [-0.05, 0) is 25.7 Å². The molecule has 1 N–H and O–H groups in total. The largest absolute Gasteiger partial charge is 0.354 e. The van der Waals surface area contributed by atoms with Crippen LogP contribution in [0.5, 0.6) is 0 Å². The van der Waals surface area contributed by atoms with Crippen LogP contribution in [0.4, 0.5) is 0 Å². The second-order valence-corrected chi connectivity index (χ2v) is 4.73. The molecule has 3 atom stereocenters. The molecule has 1 aliphatic heterocycles. The molecule has 0 aliphatic carbocycles. The Morgan fingerprint density at radius 1 is 1.53 bits per heavy atom. The summed E-state index contributed by atoms with van der Waals surface area (Å²) in [7, 11) is 0. The summed E-state index contributed by atoms with van der Waals surface area (Å²) >= 11 is 0. The first-order valence-electron chi connectivity index (χ1n) is 6.00. The maximum Gasteiger partial charge on any atom is 0.330 e. The van der Waals surface area contributed by atoms with Gasteiger partial charge in [0.15, 0.2) is 0 Å². The van der Waals surface area contributed by atoms with Crippen molar-refractivity contribution < 1.29 is 4.74 Å². The Kier molecular flexibility index (Phi) is 3.19. The molecular weight excluding hydrogens is 220 g/mol. The zero-order valence-electron chi connectivity index (χ0n) is 10.4. The Hall–Kier alpha value is -1.36. The normalized spacial score (nSPS) is 28.5. The van der Waals surface area contributed by atoms with Gasteiger partial charge in [-0.3, -0.25) is 14.3 Å². The number of aromatic nitrogens is 2. The average Bonchev–Trinajstić information content (AvgIpc) is 2.65. The second kappa shape index (κ2) is 4.49. The first-order chi connectivity index (χ1) is 8.02. The maximum atomic E-state index is 11.7. The minimum atomic E-state index is -0.394. The van der Waals surface area contributed by atoms with Crippen LogP contribution in [0.1, 0.15) is 38.5 Å². The highest BCUT2D eigenvalue weighted by atomic mass is 16.5. The topological polar surface area (TPSA) is 64.1 Å². The molecular formula is C12H18N2O3. The van der Waals surface area contributed by atoms with Crippen LogP contribution >= 0.6 is 0 Å². The Morgan fingerprint density at radius 3 is 2.82 bits per heavy atom. The van der Waals surface area contributed by atoms with Crippen LogP contribution in [0.3, 0.4) is 0 Å². The SMILES string of the molecule is CC[C@H]1O[C@H](n2cc(C)c(=O)[nH]c2=O)C[C@H]1C. The number of nitrogens with zero attached hydrogens (tertiary/aromatic N) is 1. The number of nitrogens with one attached hydrogen (secondary N) is 1. The van der Waals surface area contributed by atoms with E-state index in [1.165, 1.54) is 4.57 Å². The third-order valence-corrected chi connectivity index (χ3v) is 3.40. The van der Waals surface area contributed by atoms with E-state index in [1.807, 2.05) is 0 Å². The number of ether oxygens (including phenoxy) is 1. The fourth-order valence-electron chi connectivity index (χ4n) is 2.34. The molecule has 1 saturated heterocycles. The molecule has 0 bridgehead atoms. The molecule has 0 unspecified atom stereocenters. The van der Waals surface area contributed by atoms with Crippen molar-refractivity contribution in [3.63, 3.8) is 0 Å². The van der Waals surface area contributed by atoms with Crippen molar-refractivity contribution >= 4 is 0 Å². The van der Waals surface area contributed by atoms with Gasteiger partial charge in [-0.2, -0.15) is 0 Å². The van der Waals surface area contributed by atoms with Gasteiger partial charge < -0.3 is 4.74 Å². The molecule has 1 aliphatic rings. The van der Waals surface area contributed by atoms with Crippen molar-refractivity contribution in [1.82, 2.24) is 9.55 Å². The van der Waals surface area contributed by atoms with E-state index in [-0.39, 0.29) is 17.9 Å². The minimum absolute atomic E-state index is 0.194. The fourth-order valence-corrected chi connectivity index (χ4v) is 2.34. The molecule has 0 aromatic carbocycles. The van der Waals surface area contributed by atoms with Gasteiger partial charge in [0.2, 0.25) is 0 Å². The summed E-state index contributed by atoms with van der Waals surface area (Å²) in [6, 6.07) is 0. The number of hydrogen-bond acceptors (Lipinski definition) is 3. The first kappa shape index (κ1) is 12.1. The monoisotopic (exact) mass is 238 g/mol. The summed E-state index contributed by atoms with van der Waals surface area (Å²) in [4.78, 5) is 25.3. The van der Waals surface area contributed by atoms with E-state index < -0.39 is 5.69 Å². The summed E-state index contributed by atoms with van der Waals surface area (Å²) in [6.07, 6.45) is 3.27. The lowest BCUT2D eigenvalue weighted by Crippen LogP contribution is -2.33. The van der Waals surface area contributed by atoms with E-state index in [0.29, 0.717) is 11.5 Å².